The number of benzene rings is 1. The summed E-state index contributed by atoms with van der Waals surface area (Å²) in [5.41, 5.74) is 1.83. The minimum Gasteiger partial charge on any atom is -0.491 e. The third-order valence-corrected chi connectivity index (χ3v) is 2.68. The number of anilines is 1. The van der Waals surface area contributed by atoms with E-state index in [1.54, 1.807) is 0 Å². The number of fused-ring (bicyclic) bond motifs is 1. The highest BCUT2D eigenvalue weighted by atomic mass is 16.5. The Balaban J connectivity index is 1.95. The topological polar surface area (TPSA) is 47.6 Å². The third-order valence-electron chi connectivity index (χ3n) is 2.68. The summed E-state index contributed by atoms with van der Waals surface area (Å²) in [4.78, 5) is 11.5. The summed E-state index contributed by atoms with van der Waals surface area (Å²) in [5.74, 6) is 0.778. The minimum atomic E-state index is -0.414. The molecule has 0 aromatic heterocycles. The summed E-state index contributed by atoms with van der Waals surface area (Å²) in [5, 5.41) is 2.72. The molecule has 0 atom stereocenters. The lowest BCUT2D eigenvalue weighted by Crippen LogP contribution is -2.14. The Hall–Kier alpha value is -1.71. The number of rotatable bonds is 4. The van der Waals surface area contributed by atoms with E-state index < -0.39 is 6.09 Å². The quantitative estimate of drug-likeness (QED) is 0.816. The number of para-hydroxylation sites is 1. The predicted octanol–water partition coefficient (Wildman–Crippen LogP) is 2.97. The molecule has 2 rings (SSSR count). The van der Waals surface area contributed by atoms with Gasteiger partial charge in [-0.25, -0.2) is 4.79 Å². The molecule has 4 nitrogen and oxygen atoms in total. The molecule has 0 fully saturated rings. The molecule has 0 aliphatic carbocycles. The van der Waals surface area contributed by atoms with Crippen LogP contribution in [0.4, 0.5) is 10.5 Å². The van der Waals surface area contributed by atoms with E-state index in [9.17, 15) is 4.79 Å². The fraction of sp³-hybridized carbons (Fsp3) is 0.462. The number of ether oxygens (including phenoxy) is 2. The van der Waals surface area contributed by atoms with Crippen molar-refractivity contribution in [3.63, 3.8) is 0 Å². The second kappa shape index (κ2) is 5.57. The first-order valence-corrected chi connectivity index (χ1v) is 5.99. The van der Waals surface area contributed by atoms with Crippen LogP contribution in [0, 0.1) is 0 Å². The lowest BCUT2D eigenvalue weighted by molar-refractivity contribution is 0.160. The normalized spacial score (nSPS) is 12.8. The second-order valence-corrected chi connectivity index (χ2v) is 4.01. The molecule has 1 amide bonds. The molecule has 0 saturated carbocycles. The lowest BCUT2D eigenvalue weighted by Gasteiger charge is -2.09. The zero-order chi connectivity index (χ0) is 12.1. The molecule has 1 aliphatic rings. The summed E-state index contributed by atoms with van der Waals surface area (Å²) in [6, 6.07) is 5.75. The molecule has 17 heavy (non-hydrogen) atoms. The maximum atomic E-state index is 11.5. The van der Waals surface area contributed by atoms with Gasteiger partial charge in [-0.1, -0.05) is 25.5 Å². The molecule has 0 spiro atoms. The van der Waals surface area contributed by atoms with Crippen LogP contribution in [0.1, 0.15) is 25.3 Å². The van der Waals surface area contributed by atoms with Gasteiger partial charge in [0.1, 0.15) is 5.75 Å². The Bertz CT molecular complexity index is 404. The summed E-state index contributed by atoms with van der Waals surface area (Å²) in [6.07, 6.45) is 2.38. The molecule has 1 N–H and O–H groups in total. The van der Waals surface area contributed by atoms with Crippen molar-refractivity contribution in [2.24, 2.45) is 0 Å². The number of hydrogen-bond donors (Lipinski definition) is 1. The molecule has 0 bridgehead atoms. The fourth-order valence-electron chi connectivity index (χ4n) is 1.77. The summed E-state index contributed by atoms with van der Waals surface area (Å²) < 4.78 is 10.5. The van der Waals surface area contributed by atoms with Crippen LogP contribution in [-0.4, -0.2) is 19.3 Å². The number of unbranched alkanes of at least 4 members (excludes halogenated alkanes) is 1. The van der Waals surface area contributed by atoms with E-state index in [4.69, 9.17) is 9.47 Å². The van der Waals surface area contributed by atoms with Gasteiger partial charge in [-0.2, -0.15) is 0 Å². The summed E-state index contributed by atoms with van der Waals surface area (Å²) in [6.45, 7) is 3.19. The highest BCUT2D eigenvalue weighted by molar-refractivity contribution is 5.87. The van der Waals surface area contributed by atoms with Crippen molar-refractivity contribution in [3.8, 4) is 5.75 Å². The van der Waals surface area contributed by atoms with Crippen LogP contribution in [0.5, 0.6) is 5.75 Å². The van der Waals surface area contributed by atoms with Crippen molar-refractivity contribution in [2.75, 3.05) is 18.5 Å². The molecular formula is C13H17NO3. The van der Waals surface area contributed by atoms with Crippen molar-refractivity contribution in [1.82, 2.24) is 0 Å². The highest BCUT2D eigenvalue weighted by Gasteiger charge is 2.17. The van der Waals surface area contributed by atoms with Crippen molar-refractivity contribution >= 4 is 11.8 Å². The predicted molar refractivity (Wildman–Crippen MR) is 65.5 cm³/mol. The maximum Gasteiger partial charge on any atom is 0.411 e. The largest absolute Gasteiger partial charge is 0.491 e. The Kier molecular flexibility index (Phi) is 3.85. The van der Waals surface area contributed by atoms with Crippen molar-refractivity contribution in [1.29, 1.82) is 0 Å². The van der Waals surface area contributed by atoms with E-state index in [2.05, 4.69) is 12.2 Å². The van der Waals surface area contributed by atoms with Gasteiger partial charge >= 0.3 is 6.09 Å². The van der Waals surface area contributed by atoms with E-state index in [-0.39, 0.29) is 0 Å². The first-order valence-electron chi connectivity index (χ1n) is 5.99. The molecule has 0 saturated heterocycles. The summed E-state index contributed by atoms with van der Waals surface area (Å²) >= 11 is 0. The zero-order valence-corrected chi connectivity index (χ0v) is 9.99. The molecule has 4 heteroatoms. The van der Waals surface area contributed by atoms with E-state index in [1.807, 2.05) is 18.2 Å². The lowest BCUT2D eigenvalue weighted by atomic mass is 10.1. The molecule has 92 valence electrons. The Morgan fingerprint density at radius 2 is 2.41 bits per heavy atom. The van der Waals surface area contributed by atoms with Gasteiger partial charge < -0.3 is 9.47 Å². The van der Waals surface area contributed by atoms with Crippen LogP contribution in [0.25, 0.3) is 0 Å². The molecule has 1 heterocycles. The van der Waals surface area contributed by atoms with Gasteiger partial charge in [0.15, 0.2) is 0 Å². The van der Waals surface area contributed by atoms with Crippen LogP contribution in [0.3, 0.4) is 0 Å². The number of hydrogen-bond acceptors (Lipinski definition) is 3. The molecular weight excluding hydrogens is 218 g/mol. The Morgan fingerprint density at radius 1 is 1.53 bits per heavy atom. The van der Waals surface area contributed by atoms with Crippen LogP contribution in [-0.2, 0) is 11.2 Å². The first-order chi connectivity index (χ1) is 8.31. The van der Waals surface area contributed by atoms with Crippen molar-refractivity contribution < 1.29 is 14.3 Å². The standard InChI is InChI=1S/C13H17NO3/c1-2-3-8-17-13(15)14-11-6-4-5-10-7-9-16-12(10)11/h4-6H,2-3,7-9H2,1H3,(H,14,15). The maximum absolute atomic E-state index is 11.5. The number of amides is 1. The molecule has 0 unspecified atom stereocenters. The zero-order valence-electron chi connectivity index (χ0n) is 9.99. The minimum absolute atomic E-state index is 0.414. The van der Waals surface area contributed by atoms with E-state index in [0.29, 0.717) is 18.9 Å². The van der Waals surface area contributed by atoms with Gasteiger partial charge in [0.2, 0.25) is 0 Å². The monoisotopic (exact) mass is 235 g/mol. The van der Waals surface area contributed by atoms with Crippen LogP contribution in [0.2, 0.25) is 0 Å². The third kappa shape index (κ3) is 2.90. The van der Waals surface area contributed by atoms with Crippen LogP contribution in [0.15, 0.2) is 18.2 Å². The average Bonchev–Trinajstić information content (AvgIpc) is 2.78. The van der Waals surface area contributed by atoms with Crippen molar-refractivity contribution in [2.45, 2.75) is 26.2 Å². The molecule has 1 aromatic rings. The van der Waals surface area contributed by atoms with Gasteiger partial charge in [0.25, 0.3) is 0 Å². The Morgan fingerprint density at radius 3 is 3.24 bits per heavy atom. The Labute approximate surface area is 101 Å². The van der Waals surface area contributed by atoms with Crippen LogP contribution >= 0.6 is 0 Å². The molecule has 1 aliphatic heterocycles. The van der Waals surface area contributed by atoms with Crippen molar-refractivity contribution in [3.05, 3.63) is 23.8 Å². The number of carbonyl (C=O) groups excluding carboxylic acids is 1. The van der Waals surface area contributed by atoms with Gasteiger partial charge in [-0.05, 0) is 18.1 Å². The average molecular weight is 235 g/mol. The SMILES string of the molecule is CCCCOC(=O)Nc1cccc2c1OCC2. The molecule has 1 aromatic carbocycles. The summed E-state index contributed by atoms with van der Waals surface area (Å²) in [7, 11) is 0. The number of nitrogens with one attached hydrogen (secondary N) is 1. The van der Waals surface area contributed by atoms with Gasteiger partial charge in [0.05, 0.1) is 18.9 Å². The smallest absolute Gasteiger partial charge is 0.411 e. The molecule has 0 radical (unpaired) electrons. The van der Waals surface area contributed by atoms with Crippen LogP contribution < -0.4 is 10.1 Å². The second-order valence-electron chi connectivity index (χ2n) is 4.01. The first kappa shape index (κ1) is 11.8. The fourth-order valence-corrected chi connectivity index (χ4v) is 1.77. The highest BCUT2D eigenvalue weighted by Crippen LogP contribution is 2.33. The van der Waals surface area contributed by atoms with Gasteiger partial charge in [0, 0.05) is 6.42 Å². The van der Waals surface area contributed by atoms with E-state index in [0.717, 1.165) is 30.6 Å². The van der Waals surface area contributed by atoms with E-state index in [1.165, 1.54) is 0 Å². The number of carbonyl (C=O) groups is 1. The van der Waals surface area contributed by atoms with E-state index >= 15 is 0 Å². The van der Waals surface area contributed by atoms with Gasteiger partial charge in [-0.3, -0.25) is 5.32 Å². The van der Waals surface area contributed by atoms with Gasteiger partial charge in [-0.15, -0.1) is 0 Å².